The van der Waals surface area contributed by atoms with E-state index in [9.17, 15) is 4.79 Å². The molecule has 1 amide bonds. The molecule has 1 heterocycles. The average Bonchev–Trinajstić information content (AvgIpc) is 2.82. The second-order valence-corrected chi connectivity index (χ2v) is 4.13. The molecule has 0 spiro atoms. The molecule has 0 unspecified atom stereocenters. The fraction of sp³-hybridized carbons (Fsp3) is 0.214. The van der Waals surface area contributed by atoms with Gasteiger partial charge < -0.3 is 20.2 Å². The third kappa shape index (κ3) is 2.61. The molecule has 1 aromatic heterocycles. The number of rotatable bonds is 4. The van der Waals surface area contributed by atoms with E-state index in [0.29, 0.717) is 22.7 Å². The van der Waals surface area contributed by atoms with Gasteiger partial charge in [-0.25, -0.2) is 0 Å². The average molecular weight is 260 g/mol. The number of hydrogen-bond donors (Lipinski definition) is 2. The standard InChI is InChI=1S/C14H16N2O3/c1-10-11(6-9-19-10)14(18)16(7-8-17)13-5-3-2-4-12(13)15/h2-6,9,17H,7-8,15H2,1H3. The number of benzene rings is 1. The normalized spacial score (nSPS) is 10.4. The molecule has 0 saturated carbocycles. The molecule has 0 aliphatic rings. The lowest BCUT2D eigenvalue weighted by molar-refractivity contribution is 0.0979. The number of nitrogens with two attached hydrogens (primary N) is 1. The van der Waals surface area contributed by atoms with Crippen LogP contribution in [0.3, 0.4) is 0 Å². The Bertz CT molecular complexity index is 578. The van der Waals surface area contributed by atoms with Crippen molar-refractivity contribution in [1.29, 1.82) is 0 Å². The molecule has 100 valence electrons. The van der Waals surface area contributed by atoms with Gasteiger partial charge in [-0.05, 0) is 25.1 Å². The summed E-state index contributed by atoms with van der Waals surface area (Å²) in [6.07, 6.45) is 1.47. The van der Waals surface area contributed by atoms with Crippen LogP contribution in [0, 0.1) is 6.92 Å². The molecular weight excluding hydrogens is 244 g/mol. The van der Waals surface area contributed by atoms with Gasteiger partial charge in [0, 0.05) is 6.54 Å². The molecule has 0 bridgehead atoms. The first-order valence-corrected chi connectivity index (χ1v) is 5.96. The Morgan fingerprint density at radius 1 is 1.37 bits per heavy atom. The van der Waals surface area contributed by atoms with Gasteiger partial charge in [-0.3, -0.25) is 4.79 Å². The Kier molecular flexibility index (Phi) is 3.87. The predicted octanol–water partition coefficient (Wildman–Crippen LogP) is 1.81. The van der Waals surface area contributed by atoms with Crippen LogP contribution >= 0.6 is 0 Å². The number of aliphatic hydroxyl groups is 1. The number of anilines is 2. The highest BCUT2D eigenvalue weighted by molar-refractivity contribution is 6.08. The molecule has 5 nitrogen and oxygen atoms in total. The van der Waals surface area contributed by atoms with Crippen molar-refractivity contribution in [1.82, 2.24) is 0 Å². The smallest absolute Gasteiger partial charge is 0.261 e. The number of nitrogens with zero attached hydrogens (tertiary/aromatic N) is 1. The Morgan fingerprint density at radius 2 is 2.11 bits per heavy atom. The fourth-order valence-electron chi connectivity index (χ4n) is 1.92. The number of para-hydroxylation sites is 2. The highest BCUT2D eigenvalue weighted by atomic mass is 16.3. The van der Waals surface area contributed by atoms with E-state index in [1.165, 1.54) is 11.2 Å². The van der Waals surface area contributed by atoms with Crippen molar-refractivity contribution in [3.63, 3.8) is 0 Å². The van der Waals surface area contributed by atoms with Crippen LogP contribution in [0.1, 0.15) is 16.1 Å². The van der Waals surface area contributed by atoms with Crippen LogP contribution in [-0.4, -0.2) is 24.2 Å². The number of carbonyl (C=O) groups excluding carboxylic acids is 1. The van der Waals surface area contributed by atoms with E-state index in [1.807, 2.05) is 0 Å². The maximum Gasteiger partial charge on any atom is 0.261 e. The molecule has 0 fully saturated rings. The van der Waals surface area contributed by atoms with E-state index in [2.05, 4.69) is 0 Å². The second kappa shape index (κ2) is 5.58. The zero-order valence-electron chi connectivity index (χ0n) is 10.7. The molecular formula is C14H16N2O3. The van der Waals surface area contributed by atoms with Crippen molar-refractivity contribution < 1.29 is 14.3 Å². The molecule has 2 rings (SSSR count). The molecule has 0 aliphatic heterocycles. The Morgan fingerprint density at radius 3 is 2.68 bits per heavy atom. The summed E-state index contributed by atoms with van der Waals surface area (Å²) in [5.41, 5.74) is 7.43. The highest BCUT2D eigenvalue weighted by Gasteiger charge is 2.21. The molecule has 0 atom stereocenters. The SMILES string of the molecule is Cc1occc1C(=O)N(CCO)c1ccccc1N. The van der Waals surface area contributed by atoms with Crippen LogP contribution < -0.4 is 10.6 Å². The van der Waals surface area contributed by atoms with E-state index in [1.54, 1.807) is 37.3 Å². The van der Waals surface area contributed by atoms with Gasteiger partial charge in [0.1, 0.15) is 5.76 Å². The summed E-state index contributed by atoms with van der Waals surface area (Å²) in [4.78, 5) is 13.9. The largest absolute Gasteiger partial charge is 0.469 e. The number of nitrogen functional groups attached to an aromatic ring is 1. The summed E-state index contributed by atoms with van der Waals surface area (Å²) < 4.78 is 5.14. The lowest BCUT2D eigenvalue weighted by atomic mass is 10.2. The number of hydrogen-bond acceptors (Lipinski definition) is 4. The molecule has 0 radical (unpaired) electrons. The van der Waals surface area contributed by atoms with Crippen molar-refractivity contribution in [2.45, 2.75) is 6.92 Å². The Labute approximate surface area is 111 Å². The zero-order chi connectivity index (χ0) is 13.8. The second-order valence-electron chi connectivity index (χ2n) is 4.13. The van der Waals surface area contributed by atoms with Gasteiger partial charge in [-0.2, -0.15) is 0 Å². The topological polar surface area (TPSA) is 79.7 Å². The fourth-order valence-corrected chi connectivity index (χ4v) is 1.92. The van der Waals surface area contributed by atoms with Crippen molar-refractivity contribution in [3.8, 4) is 0 Å². The highest BCUT2D eigenvalue weighted by Crippen LogP contribution is 2.25. The van der Waals surface area contributed by atoms with Gasteiger partial charge >= 0.3 is 0 Å². The number of aliphatic hydroxyl groups excluding tert-OH is 1. The molecule has 0 saturated heterocycles. The third-order valence-electron chi connectivity index (χ3n) is 2.89. The van der Waals surface area contributed by atoms with Crippen LogP contribution in [0.15, 0.2) is 41.0 Å². The number of furan rings is 1. The monoisotopic (exact) mass is 260 g/mol. The van der Waals surface area contributed by atoms with Crippen LogP contribution in [0.2, 0.25) is 0 Å². The van der Waals surface area contributed by atoms with Crippen LogP contribution in [0.4, 0.5) is 11.4 Å². The zero-order valence-corrected chi connectivity index (χ0v) is 10.7. The minimum Gasteiger partial charge on any atom is -0.469 e. The van der Waals surface area contributed by atoms with Crippen molar-refractivity contribution in [2.24, 2.45) is 0 Å². The molecule has 5 heteroatoms. The van der Waals surface area contributed by atoms with E-state index < -0.39 is 0 Å². The minimum absolute atomic E-state index is 0.142. The van der Waals surface area contributed by atoms with Gasteiger partial charge in [0.25, 0.3) is 5.91 Å². The van der Waals surface area contributed by atoms with Gasteiger partial charge in [0.2, 0.25) is 0 Å². The van der Waals surface area contributed by atoms with Crippen LogP contribution in [0.25, 0.3) is 0 Å². The predicted molar refractivity (Wildman–Crippen MR) is 73.1 cm³/mol. The van der Waals surface area contributed by atoms with Crippen molar-refractivity contribution in [3.05, 3.63) is 47.9 Å². The Balaban J connectivity index is 2.39. The summed E-state index contributed by atoms with van der Waals surface area (Å²) in [6, 6.07) is 8.67. The lowest BCUT2D eigenvalue weighted by Gasteiger charge is -2.23. The third-order valence-corrected chi connectivity index (χ3v) is 2.89. The summed E-state index contributed by atoms with van der Waals surface area (Å²) in [6.45, 7) is 1.76. The maximum atomic E-state index is 12.5. The van der Waals surface area contributed by atoms with Crippen LogP contribution in [-0.2, 0) is 0 Å². The molecule has 0 aliphatic carbocycles. The molecule has 1 aromatic carbocycles. The van der Waals surface area contributed by atoms with Gasteiger partial charge in [-0.1, -0.05) is 12.1 Å². The first-order valence-electron chi connectivity index (χ1n) is 5.96. The summed E-state index contributed by atoms with van der Waals surface area (Å²) in [5, 5.41) is 9.15. The molecule has 2 aromatic rings. The lowest BCUT2D eigenvalue weighted by Crippen LogP contribution is -2.34. The van der Waals surface area contributed by atoms with E-state index in [0.717, 1.165) is 0 Å². The summed E-state index contributed by atoms with van der Waals surface area (Å²) in [5.74, 6) is 0.306. The van der Waals surface area contributed by atoms with E-state index in [4.69, 9.17) is 15.3 Å². The summed E-state index contributed by atoms with van der Waals surface area (Å²) >= 11 is 0. The number of aryl methyl sites for hydroxylation is 1. The van der Waals surface area contributed by atoms with Gasteiger partial charge in [-0.15, -0.1) is 0 Å². The van der Waals surface area contributed by atoms with Gasteiger partial charge in [0.05, 0.1) is 29.8 Å². The maximum absolute atomic E-state index is 12.5. The number of carbonyl (C=O) groups is 1. The van der Waals surface area contributed by atoms with Crippen molar-refractivity contribution in [2.75, 3.05) is 23.8 Å². The van der Waals surface area contributed by atoms with Gasteiger partial charge in [0.15, 0.2) is 0 Å². The summed E-state index contributed by atoms with van der Waals surface area (Å²) in [7, 11) is 0. The molecule has 19 heavy (non-hydrogen) atoms. The van der Waals surface area contributed by atoms with E-state index >= 15 is 0 Å². The minimum atomic E-state index is -0.238. The first kappa shape index (κ1) is 13.2. The van der Waals surface area contributed by atoms with Crippen molar-refractivity contribution >= 4 is 17.3 Å². The van der Waals surface area contributed by atoms with Crippen LogP contribution in [0.5, 0.6) is 0 Å². The molecule has 3 N–H and O–H groups in total. The number of amides is 1. The Hall–Kier alpha value is -2.27. The first-order chi connectivity index (χ1) is 9.15. The quantitative estimate of drug-likeness (QED) is 0.822. The van der Waals surface area contributed by atoms with E-state index in [-0.39, 0.29) is 19.1 Å².